The van der Waals surface area contributed by atoms with Crippen molar-refractivity contribution in [1.29, 1.82) is 0 Å². The number of hydrogen-bond donors (Lipinski definition) is 1. The molecule has 0 saturated heterocycles. The van der Waals surface area contributed by atoms with Crippen LogP contribution in [0.1, 0.15) is 26.5 Å². The predicted octanol–water partition coefficient (Wildman–Crippen LogP) is 2.54. The Labute approximate surface area is 87.1 Å². The Kier molecular flexibility index (Phi) is 2.95. The van der Waals surface area contributed by atoms with E-state index in [-0.39, 0.29) is 15.4 Å². The van der Waals surface area contributed by atoms with Gasteiger partial charge >= 0.3 is 5.63 Å². The van der Waals surface area contributed by atoms with Crippen molar-refractivity contribution >= 4 is 11.8 Å². The van der Waals surface area contributed by atoms with Crippen molar-refractivity contribution in [1.82, 2.24) is 0 Å². The molecule has 0 atom stereocenters. The lowest BCUT2D eigenvalue weighted by molar-refractivity contribution is 0.411. The molecule has 0 aliphatic rings. The summed E-state index contributed by atoms with van der Waals surface area (Å²) in [4.78, 5) is 11.7. The van der Waals surface area contributed by atoms with Gasteiger partial charge in [-0.3, -0.25) is 0 Å². The van der Waals surface area contributed by atoms with E-state index in [4.69, 9.17) is 4.42 Å². The van der Waals surface area contributed by atoms with E-state index >= 15 is 0 Å². The molecule has 0 aromatic carbocycles. The van der Waals surface area contributed by atoms with Crippen molar-refractivity contribution in [2.45, 2.75) is 37.3 Å². The number of rotatable bonds is 1. The molecule has 1 heterocycles. The van der Waals surface area contributed by atoms with Crippen LogP contribution in [0.2, 0.25) is 0 Å². The molecule has 0 spiro atoms. The molecule has 4 heteroatoms. The van der Waals surface area contributed by atoms with Crippen molar-refractivity contribution in [3.8, 4) is 5.75 Å². The first kappa shape index (κ1) is 11.2. The van der Waals surface area contributed by atoms with E-state index in [1.807, 2.05) is 20.8 Å². The molecule has 0 fully saturated rings. The zero-order chi connectivity index (χ0) is 10.9. The van der Waals surface area contributed by atoms with E-state index < -0.39 is 5.63 Å². The highest BCUT2D eigenvalue weighted by Gasteiger charge is 2.19. The maximum atomic E-state index is 11.4. The Morgan fingerprint density at radius 3 is 2.43 bits per heavy atom. The van der Waals surface area contributed by atoms with Crippen molar-refractivity contribution in [2.24, 2.45) is 0 Å². The summed E-state index contributed by atoms with van der Waals surface area (Å²) in [6.07, 6.45) is 0. The van der Waals surface area contributed by atoms with Gasteiger partial charge in [-0.2, -0.15) is 0 Å². The molecule has 1 aromatic heterocycles. The van der Waals surface area contributed by atoms with Gasteiger partial charge in [0.15, 0.2) is 0 Å². The Morgan fingerprint density at radius 2 is 2.00 bits per heavy atom. The second-order valence-corrected chi connectivity index (χ2v) is 5.91. The summed E-state index contributed by atoms with van der Waals surface area (Å²) >= 11 is 1.31. The zero-order valence-corrected chi connectivity index (χ0v) is 9.57. The summed E-state index contributed by atoms with van der Waals surface area (Å²) in [5, 5.41) is 9.55. The van der Waals surface area contributed by atoms with Crippen molar-refractivity contribution in [2.75, 3.05) is 0 Å². The molecule has 0 aliphatic carbocycles. The average molecular weight is 214 g/mol. The number of aromatic hydroxyl groups is 1. The standard InChI is InChI=1S/C10H14O3S/c1-6-5-7(11)8(9(12)13-6)14-10(2,3)4/h5,11H,1-4H3. The van der Waals surface area contributed by atoms with Crippen molar-refractivity contribution in [3.05, 3.63) is 22.2 Å². The lowest BCUT2D eigenvalue weighted by atomic mass is 10.3. The van der Waals surface area contributed by atoms with Crippen molar-refractivity contribution in [3.63, 3.8) is 0 Å². The minimum absolute atomic E-state index is 0.00123. The summed E-state index contributed by atoms with van der Waals surface area (Å²) in [5.74, 6) is 0.421. The summed E-state index contributed by atoms with van der Waals surface area (Å²) in [7, 11) is 0. The summed E-state index contributed by atoms with van der Waals surface area (Å²) in [6, 6.07) is 1.45. The van der Waals surface area contributed by atoms with Gasteiger partial charge in [0.1, 0.15) is 16.4 Å². The monoisotopic (exact) mass is 214 g/mol. The number of thioether (sulfide) groups is 1. The Hall–Kier alpha value is -0.900. The number of hydrogen-bond acceptors (Lipinski definition) is 4. The first-order chi connectivity index (χ1) is 6.29. The molecule has 0 saturated carbocycles. The summed E-state index contributed by atoms with van der Waals surface area (Å²) in [6.45, 7) is 7.54. The van der Waals surface area contributed by atoms with E-state index in [0.717, 1.165) is 0 Å². The van der Waals surface area contributed by atoms with Crippen LogP contribution in [0, 0.1) is 6.92 Å². The molecule has 0 bridgehead atoms. The van der Waals surface area contributed by atoms with Crippen LogP contribution in [-0.2, 0) is 0 Å². The zero-order valence-electron chi connectivity index (χ0n) is 8.75. The highest BCUT2D eigenvalue weighted by Crippen LogP contribution is 2.34. The van der Waals surface area contributed by atoms with Gasteiger partial charge in [-0.25, -0.2) is 4.79 Å². The van der Waals surface area contributed by atoms with E-state index in [0.29, 0.717) is 5.76 Å². The lowest BCUT2D eigenvalue weighted by Crippen LogP contribution is -2.12. The minimum atomic E-state index is -0.470. The van der Waals surface area contributed by atoms with E-state index in [9.17, 15) is 9.90 Å². The van der Waals surface area contributed by atoms with Crippen LogP contribution in [0.15, 0.2) is 20.2 Å². The van der Waals surface area contributed by atoms with E-state index in [1.165, 1.54) is 17.8 Å². The van der Waals surface area contributed by atoms with Crippen LogP contribution >= 0.6 is 11.8 Å². The third-order valence-electron chi connectivity index (χ3n) is 1.42. The van der Waals surface area contributed by atoms with Gasteiger partial charge in [-0.1, -0.05) is 20.8 Å². The SMILES string of the molecule is Cc1cc(O)c(SC(C)(C)C)c(=O)o1. The summed E-state index contributed by atoms with van der Waals surface area (Å²) < 4.78 is 4.77. The van der Waals surface area contributed by atoms with Crippen molar-refractivity contribution < 1.29 is 9.52 Å². The fourth-order valence-corrected chi connectivity index (χ4v) is 1.89. The largest absolute Gasteiger partial charge is 0.506 e. The molecular formula is C10H14O3S. The smallest absolute Gasteiger partial charge is 0.353 e. The minimum Gasteiger partial charge on any atom is -0.506 e. The molecule has 3 nitrogen and oxygen atoms in total. The molecule has 14 heavy (non-hydrogen) atoms. The van der Waals surface area contributed by atoms with Crippen LogP contribution in [0.4, 0.5) is 0 Å². The first-order valence-corrected chi connectivity index (χ1v) is 5.14. The van der Waals surface area contributed by atoms with Crippen LogP contribution in [0.3, 0.4) is 0 Å². The van der Waals surface area contributed by atoms with E-state index in [2.05, 4.69) is 0 Å². The van der Waals surface area contributed by atoms with Gasteiger partial charge < -0.3 is 9.52 Å². The summed E-state index contributed by atoms with van der Waals surface area (Å²) in [5.41, 5.74) is -0.470. The van der Waals surface area contributed by atoms with Crippen LogP contribution < -0.4 is 5.63 Å². The molecule has 0 amide bonds. The molecule has 1 N–H and O–H groups in total. The highest BCUT2D eigenvalue weighted by atomic mass is 32.2. The number of aryl methyl sites for hydroxylation is 1. The average Bonchev–Trinajstić information content (AvgIpc) is 1.95. The fourth-order valence-electron chi connectivity index (χ4n) is 0.985. The normalized spacial score (nSPS) is 11.7. The maximum absolute atomic E-state index is 11.4. The predicted molar refractivity (Wildman–Crippen MR) is 57.0 cm³/mol. The maximum Gasteiger partial charge on any atom is 0.353 e. The Bertz CT molecular complexity index is 387. The topological polar surface area (TPSA) is 50.4 Å². The quantitative estimate of drug-likeness (QED) is 0.730. The van der Waals surface area contributed by atoms with Gasteiger partial charge in [0.2, 0.25) is 0 Å². The second kappa shape index (κ2) is 3.69. The van der Waals surface area contributed by atoms with Crippen LogP contribution in [0.5, 0.6) is 5.75 Å². The molecule has 1 rings (SSSR count). The van der Waals surface area contributed by atoms with E-state index in [1.54, 1.807) is 6.92 Å². The molecular weight excluding hydrogens is 200 g/mol. The van der Waals surface area contributed by atoms with Crippen LogP contribution in [0.25, 0.3) is 0 Å². The van der Waals surface area contributed by atoms with Gasteiger partial charge in [-0.05, 0) is 6.92 Å². The molecule has 0 radical (unpaired) electrons. The molecule has 78 valence electrons. The third kappa shape index (κ3) is 2.80. The van der Waals surface area contributed by atoms with Gasteiger partial charge in [0.05, 0.1) is 0 Å². The highest BCUT2D eigenvalue weighted by molar-refractivity contribution is 8.00. The lowest BCUT2D eigenvalue weighted by Gasteiger charge is -2.16. The van der Waals surface area contributed by atoms with Gasteiger partial charge in [0.25, 0.3) is 0 Å². The first-order valence-electron chi connectivity index (χ1n) is 4.32. The van der Waals surface area contributed by atoms with Gasteiger partial charge in [-0.15, -0.1) is 11.8 Å². The van der Waals surface area contributed by atoms with Crippen LogP contribution in [-0.4, -0.2) is 9.85 Å². The fraction of sp³-hybridized carbons (Fsp3) is 0.500. The molecule has 0 aliphatic heterocycles. The molecule has 0 unspecified atom stereocenters. The Balaban J connectivity index is 3.16. The molecule has 1 aromatic rings. The second-order valence-electron chi connectivity index (χ2n) is 4.07. The third-order valence-corrected chi connectivity index (χ3v) is 2.61. The Morgan fingerprint density at radius 1 is 1.43 bits per heavy atom. The van der Waals surface area contributed by atoms with Gasteiger partial charge in [0, 0.05) is 10.8 Å².